The van der Waals surface area contributed by atoms with Crippen LogP contribution in [0.5, 0.6) is 11.5 Å². The number of nitrogens with zero attached hydrogens (tertiary/aromatic N) is 2. The van der Waals surface area contributed by atoms with E-state index < -0.39 is 11.9 Å². The molecule has 0 N–H and O–H groups in total. The summed E-state index contributed by atoms with van der Waals surface area (Å²) >= 11 is 0. The van der Waals surface area contributed by atoms with E-state index in [4.69, 9.17) is 32.8 Å². The molecule has 0 radical (unpaired) electrons. The second-order valence-electron chi connectivity index (χ2n) is 7.27. The minimum atomic E-state index is -0.592. The summed E-state index contributed by atoms with van der Waals surface area (Å²) < 4.78 is 34.3. The quantitative estimate of drug-likeness (QED) is 0.418. The normalized spacial score (nSPS) is 13.0. The second kappa shape index (κ2) is 8.38. The Kier molecular flexibility index (Phi) is 5.25. The van der Waals surface area contributed by atoms with Crippen LogP contribution in [0.4, 0.5) is 0 Å². The summed E-state index contributed by atoms with van der Waals surface area (Å²) in [6.07, 6.45) is 0.781. The molecule has 1 aliphatic rings. The maximum atomic E-state index is 11.9. The number of benzene rings is 1. The minimum Gasteiger partial charge on any atom is -0.489 e. The van der Waals surface area contributed by atoms with Crippen LogP contribution < -0.4 is 9.47 Å². The van der Waals surface area contributed by atoms with Gasteiger partial charge in [0.1, 0.15) is 5.76 Å². The van der Waals surface area contributed by atoms with Gasteiger partial charge in [-0.05, 0) is 24.3 Å². The molecule has 0 atom stereocenters. The Labute approximate surface area is 187 Å². The van der Waals surface area contributed by atoms with Crippen LogP contribution >= 0.6 is 0 Å². The molecule has 0 aliphatic carbocycles. The van der Waals surface area contributed by atoms with Crippen LogP contribution in [0.2, 0.25) is 0 Å². The Balaban J connectivity index is 1.63. The van der Waals surface area contributed by atoms with Gasteiger partial charge in [-0.15, -0.1) is 0 Å². The summed E-state index contributed by atoms with van der Waals surface area (Å²) in [6, 6.07) is 10.1. The number of imidazole rings is 1. The van der Waals surface area contributed by atoms with E-state index in [1.165, 1.54) is 20.3 Å². The number of furan rings is 2. The molecular weight excluding hydrogens is 432 g/mol. The molecule has 0 unspecified atom stereocenters. The highest BCUT2D eigenvalue weighted by atomic mass is 16.5. The van der Waals surface area contributed by atoms with Gasteiger partial charge in [-0.3, -0.25) is 0 Å². The summed E-state index contributed by atoms with van der Waals surface area (Å²) in [5.74, 6) is 1.53. The van der Waals surface area contributed by atoms with Crippen molar-refractivity contribution in [1.29, 1.82) is 0 Å². The van der Waals surface area contributed by atoms with Gasteiger partial charge >= 0.3 is 11.9 Å². The topological polar surface area (TPSA) is 115 Å². The van der Waals surface area contributed by atoms with Crippen LogP contribution in [0.1, 0.15) is 33.3 Å². The van der Waals surface area contributed by atoms with Gasteiger partial charge in [0, 0.05) is 18.6 Å². The van der Waals surface area contributed by atoms with Crippen molar-refractivity contribution in [3.8, 4) is 23.1 Å². The van der Waals surface area contributed by atoms with Gasteiger partial charge in [0.15, 0.2) is 23.1 Å². The van der Waals surface area contributed by atoms with Gasteiger partial charge < -0.3 is 32.3 Å². The lowest BCUT2D eigenvalue weighted by Crippen LogP contribution is -2.02. The van der Waals surface area contributed by atoms with E-state index in [-0.39, 0.29) is 18.1 Å². The van der Waals surface area contributed by atoms with E-state index in [1.54, 1.807) is 18.2 Å². The highest BCUT2D eigenvalue weighted by Crippen LogP contribution is 2.37. The molecule has 0 saturated heterocycles. The van der Waals surface area contributed by atoms with E-state index in [9.17, 15) is 9.59 Å². The zero-order chi connectivity index (χ0) is 22.9. The third-order valence-corrected chi connectivity index (χ3v) is 5.19. The first-order chi connectivity index (χ1) is 16.1. The monoisotopic (exact) mass is 452 g/mol. The van der Waals surface area contributed by atoms with Crippen molar-refractivity contribution >= 4 is 23.0 Å². The van der Waals surface area contributed by atoms with E-state index in [0.717, 1.165) is 11.9 Å². The molecule has 4 aromatic rings. The second-order valence-corrected chi connectivity index (χ2v) is 7.27. The van der Waals surface area contributed by atoms with Crippen LogP contribution in [0.15, 0.2) is 45.2 Å². The van der Waals surface area contributed by atoms with Crippen LogP contribution in [0, 0.1) is 0 Å². The van der Waals surface area contributed by atoms with E-state index >= 15 is 0 Å². The zero-order valence-electron chi connectivity index (χ0n) is 18.0. The maximum Gasteiger partial charge on any atom is 0.373 e. The smallest absolute Gasteiger partial charge is 0.373 e. The fourth-order valence-corrected chi connectivity index (χ4v) is 3.63. The number of rotatable bonds is 5. The first-order valence-electron chi connectivity index (χ1n) is 10.2. The van der Waals surface area contributed by atoms with Crippen molar-refractivity contribution in [3.05, 3.63) is 53.7 Å². The standard InChI is InChI=1S/C23H20N2O8/c1-28-22(26)17-5-4-13(32-17)12-25-15-11-20-19(30-8-3-9-31-20)10-14(15)24-21(25)16-6-7-18(33-16)23(27)29-2/h4-7,10-11H,3,8-9,12H2,1-2H3. The molecule has 10 heteroatoms. The Morgan fingerprint density at radius 1 is 0.939 bits per heavy atom. The Hall–Kier alpha value is -4.21. The minimum absolute atomic E-state index is 0.0551. The summed E-state index contributed by atoms with van der Waals surface area (Å²) in [5, 5.41) is 0. The number of ether oxygens (including phenoxy) is 4. The lowest BCUT2D eigenvalue weighted by atomic mass is 10.2. The molecule has 170 valence electrons. The van der Waals surface area contributed by atoms with Crippen molar-refractivity contribution < 1.29 is 37.4 Å². The first-order valence-corrected chi connectivity index (χ1v) is 10.2. The molecule has 1 aliphatic heterocycles. The predicted octanol–water partition coefficient (Wildman–Crippen LogP) is 3.67. The van der Waals surface area contributed by atoms with E-state index in [2.05, 4.69) is 0 Å². The third kappa shape index (κ3) is 3.79. The van der Waals surface area contributed by atoms with Crippen molar-refractivity contribution in [2.45, 2.75) is 13.0 Å². The largest absolute Gasteiger partial charge is 0.489 e. The highest BCUT2D eigenvalue weighted by molar-refractivity contribution is 5.88. The molecule has 10 nitrogen and oxygen atoms in total. The van der Waals surface area contributed by atoms with Crippen LogP contribution in [-0.4, -0.2) is 48.9 Å². The number of carbonyl (C=O) groups excluding carboxylic acids is 2. The maximum absolute atomic E-state index is 11.9. The van der Waals surface area contributed by atoms with Gasteiger partial charge in [0.25, 0.3) is 0 Å². The van der Waals surface area contributed by atoms with Crippen LogP contribution in [-0.2, 0) is 16.0 Å². The Bertz CT molecular complexity index is 1350. The van der Waals surface area contributed by atoms with Gasteiger partial charge in [0.2, 0.25) is 11.5 Å². The van der Waals surface area contributed by atoms with Gasteiger partial charge in [0.05, 0.1) is 45.0 Å². The number of hydrogen-bond acceptors (Lipinski definition) is 9. The predicted molar refractivity (Wildman–Crippen MR) is 114 cm³/mol. The lowest BCUT2D eigenvalue weighted by molar-refractivity contribution is 0.0556. The molecule has 0 fully saturated rings. The van der Waals surface area contributed by atoms with Crippen molar-refractivity contribution in [2.75, 3.05) is 27.4 Å². The average molecular weight is 452 g/mol. The van der Waals surface area contributed by atoms with Gasteiger partial charge in [-0.25, -0.2) is 14.6 Å². The van der Waals surface area contributed by atoms with Gasteiger partial charge in [-0.2, -0.15) is 0 Å². The number of esters is 2. The van der Waals surface area contributed by atoms with E-state index in [1.807, 2.05) is 16.7 Å². The zero-order valence-corrected chi connectivity index (χ0v) is 18.0. The van der Waals surface area contributed by atoms with Crippen LogP contribution in [0.3, 0.4) is 0 Å². The first kappa shape index (κ1) is 20.7. The number of carbonyl (C=O) groups is 2. The fraction of sp³-hybridized carbons (Fsp3) is 0.261. The van der Waals surface area contributed by atoms with Gasteiger partial charge in [-0.1, -0.05) is 0 Å². The molecule has 0 spiro atoms. The van der Waals surface area contributed by atoms with Crippen LogP contribution in [0.25, 0.3) is 22.6 Å². The number of methoxy groups -OCH3 is 2. The molecule has 0 saturated carbocycles. The Morgan fingerprint density at radius 3 is 2.33 bits per heavy atom. The third-order valence-electron chi connectivity index (χ3n) is 5.19. The Morgan fingerprint density at radius 2 is 1.61 bits per heavy atom. The van der Waals surface area contributed by atoms with Crippen molar-refractivity contribution in [1.82, 2.24) is 9.55 Å². The van der Waals surface area contributed by atoms with Crippen molar-refractivity contribution in [2.24, 2.45) is 0 Å². The number of fused-ring (bicyclic) bond motifs is 2. The number of hydrogen-bond donors (Lipinski definition) is 0. The summed E-state index contributed by atoms with van der Waals surface area (Å²) in [6.45, 7) is 1.33. The average Bonchev–Trinajstić information content (AvgIpc) is 3.53. The molecule has 0 bridgehead atoms. The molecule has 1 aromatic carbocycles. The SMILES string of the molecule is COC(=O)c1ccc(Cn2c(-c3ccc(C(=O)OC)o3)nc3cc4c(cc32)OCCCO4)o1. The molecule has 5 rings (SSSR count). The van der Waals surface area contributed by atoms with E-state index in [0.29, 0.717) is 47.6 Å². The fourth-order valence-electron chi connectivity index (χ4n) is 3.63. The molecule has 33 heavy (non-hydrogen) atoms. The molecule has 4 heterocycles. The lowest BCUT2D eigenvalue weighted by Gasteiger charge is -2.09. The summed E-state index contributed by atoms with van der Waals surface area (Å²) in [5.41, 5.74) is 1.38. The molecule has 3 aromatic heterocycles. The highest BCUT2D eigenvalue weighted by Gasteiger charge is 2.23. The molecular formula is C23H20N2O8. The summed E-state index contributed by atoms with van der Waals surface area (Å²) in [7, 11) is 2.57. The molecule has 0 amide bonds. The van der Waals surface area contributed by atoms with Crippen molar-refractivity contribution in [3.63, 3.8) is 0 Å². The summed E-state index contributed by atoms with van der Waals surface area (Å²) in [4.78, 5) is 28.4. The number of aromatic nitrogens is 2.